The van der Waals surface area contributed by atoms with Crippen LogP contribution in [0.2, 0.25) is 0 Å². The third-order valence-corrected chi connectivity index (χ3v) is 3.96. The molecule has 2 aliphatic rings. The molecular weight excluding hydrogens is 216 g/mol. The first-order chi connectivity index (χ1) is 8.12. The molecule has 0 amide bonds. The average molecular weight is 234 g/mol. The van der Waals surface area contributed by atoms with Gasteiger partial charge in [-0.25, -0.2) is 0 Å². The first kappa shape index (κ1) is 10.9. The fourth-order valence-corrected chi connectivity index (χ4v) is 2.74. The topological polar surface area (TPSA) is 38.7 Å². The summed E-state index contributed by atoms with van der Waals surface area (Å²) in [5, 5.41) is 10.3. The van der Waals surface area contributed by atoms with Crippen LogP contribution in [0, 0.1) is 5.92 Å². The molecule has 0 spiro atoms. The second-order valence-corrected chi connectivity index (χ2v) is 5.31. The fourth-order valence-electron chi connectivity index (χ4n) is 2.74. The maximum absolute atomic E-state index is 10.3. The second-order valence-electron chi connectivity index (χ2n) is 5.31. The lowest BCUT2D eigenvalue weighted by atomic mass is 9.86. The lowest BCUT2D eigenvalue weighted by Gasteiger charge is -2.38. The number of hydrogen-bond acceptors (Lipinski definition) is 3. The molecule has 1 heterocycles. The molecule has 1 aliphatic carbocycles. The highest BCUT2D eigenvalue weighted by molar-refractivity contribution is 5.43. The normalized spacial score (nSPS) is 31.6. The molecule has 3 rings (SSSR count). The van der Waals surface area contributed by atoms with E-state index in [0.29, 0.717) is 12.3 Å². The Balaban J connectivity index is 1.96. The van der Waals surface area contributed by atoms with Crippen LogP contribution in [0.1, 0.15) is 37.9 Å². The maximum Gasteiger partial charge on any atom is 0.126 e. The summed E-state index contributed by atoms with van der Waals surface area (Å²) < 4.78 is 11.3. The summed E-state index contributed by atoms with van der Waals surface area (Å²) in [6, 6.07) is 5.65. The summed E-state index contributed by atoms with van der Waals surface area (Å²) in [5.41, 5.74) is 0.656. The highest BCUT2D eigenvalue weighted by Gasteiger charge is 2.47. The SMILES string of the molecule is COc1ccc2c(c1)[C@H](O)CC(C)(C1CC1)O2. The Hall–Kier alpha value is -1.22. The van der Waals surface area contributed by atoms with Crippen molar-refractivity contribution in [3.8, 4) is 11.5 Å². The zero-order chi connectivity index (χ0) is 12.0. The van der Waals surface area contributed by atoms with Crippen molar-refractivity contribution in [2.45, 2.75) is 37.9 Å². The van der Waals surface area contributed by atoms with E-state index in [9.17, 15) is 5.11 Å². The molecule has 1 N–H and O–H groups in total. The Bertz CT molecular complexity index is 439. The Labute approximate surface area is 101 Å². The molecule has 1 aliphatic heterocycles. The van der Waals surface area contributed by atoms with Gasteiger partial charge in [-0.3, -0.25) is 0 Å². The lowest BCUT2D eigenvalue weighted by molar-refractivity contribution is -0.0167. The van der Waals surface area contributed by atoms with E-state index in [0.717, 1.165) is 17.1 Å². The van der Waals surface area contributed by atoms with Crippen molar-refractivity contribution in [3.63, 3.8) is 0 Å². The summed E-state index contributed by atoms with van der Waals surface area (Å²) in [6.45, 7) is 2.11. The van der Waals surface area contributed by atoms with Crippen LogP contribution in [0.3, 0.4) is 0 Å². The van der Waals surface area contributed by atoms with Crippen LogP contribution in [0.4, 0.5) is 0 Å². The van der Waals surface area contributed by atoms with Crippen molar-refractivity contribution in [2.75, 3.05) is 7.11 Å². The lowest BCUT2D eigenvalue weighted by Crippen LogP contribution is -2.40. The molecule has 3 heteroatoms. The highest BCUT2D eigenvalue weighted by atomic mass is 16.5. The van der Waals surface area contributed by atoms with E-state index < -0.39 is 6.10 Å². The van der Waals surface area contributed by atoms with Gasteiger partial charge >= 0.3 is 0 Å². The van der Waals surface area contributed by atoms with Gasteiger partial charge in [-0.15, -0.1) is 0 Å². The molecule has 1 unspecified atom stereocenters. The number of benzene rings is 1. The highest BCUT2D eigenvalue weighted by Crippen LogP contribution is 2.50. The quantitative estimate of drug-likeness (QED) is 0.855. The molecule has 17 heavy (non-hydrogen) atoms. The molecule has 1 fully saturated rings. The van der Waals surface area contributed by atoms with Crippen LogP contribution in [-0.4, -0.2) is 17.8 Å². The van der Waals surface area contributed by atoms with Gasteiger partial charge in [0, 0.05) is 12.0 Å². The number of rotatable bonds is 2. The van der Waals surface area contributed by atoms with Crippen molar-refractivity contribution < 1.29 is 14.6 Å². The Morgan fingerprint density at radius 1 is 1.41 bits per heavy atom. The smallest absolute Gasteiger partial charge is 0.126 e. The Kier molecular flexibility index (Phi) is 2.33. The first-order valence-corrected chi connectivity index (χ1v) is 6.17. The molecule has 0 aromatic heterocycles. The molecule has 92 valence electrons. The molecule has 0 bridgehead atoms. The molecule has 0 saturated heterocycles. The van der Waals surface area contributed by atoms with Gasteiger partial charge in [0.1, 0.15) is 17.1 Å². The third kappa shape index (κ3) is 1.78. The molecule has 3 nitrogen and oxygen atoms in total. The Morgan fingerprint density at radius 2 is 2.18 bits per heavy atom. The number of fused-ring (bicyclic) bond motifs is 1. The van der Waals surface area contributed by atoms with Crippen LogP contribution in [-0.2, 0) is 0 Å². The molecular formula is C14H18O3. The van der Waals surface area contributed by atoms with Crippen LogP contribution < -0.4 is 9.47 Å². The number of hydrogen-bond donors (Lipinski definition) is 1. The number of aliphatic hydroxyl groups is 1. The summed E-state index contributed by atoms with van der Waals surface area (Å²) in [5.74, 6) is 2.17. The van der Waals surface area contributed by atoms with E-state index in [2.05, 4.69) is 6.92 Å². The largest absolute Gasteiger partial charge is 0.497 e. The van der Waals surface area contributed by atoms with E-state index in [1.807, 2.05) is 18.2 Å². The zero-order valence-electron chi connectivity index (χ0n) is 10.3. The first-order valence-electron chi connectivity index (χ1n) is 6.17. The van der Waals surface area contributed by atoms with Gasteiger partial charge in [-0.2, -0.15) is 0 Å². The van der Waals surface area contributed by atoms with Crippen molar-refractivity contribution in [1.29, 1.82) is 0 Å². The monoisotopic (exact) mass is 234 g/mol. The van der Waals surface area contributed by atoms with Crippen LogP contribution in [0.25, 0.3) is 0 Å². The van der Waals surface area contributed by atoms with Gasteiger partial charge in [0.2, 0.25) is 0 Å². The van der Waals surface area contributed by atoms with Gasteiger partial charge in [0.25, 0.3) is 0 Å². The van der Waals surface area contributed by atoms with Crippen LogP contribution >= 0.6 is 0 Å². The molecule has 1 aromatic carbocycles. The summed E-state index contributed by atoms with van der Waals surface area (Å²) in [7, 11) is 1.63. The maximum atomic E-state index is 10.3. The predicted octanol–water partition coefficient (Wildman–Crippen LogP) is 2.68. The number of ether oxygens (including phenoxy) is 2. The van der Waals surface area contributed by atoms with E-state index >= 15 is 0 Å². The van der Waals surface area contributed by atoms with Crippen LogP contribution in [0.5, 0.6) is 11.5 Å². The fraction of sp³-hybridized carbons (Fsp3) is 0.571. The minimum Gasteiger partial charge on any atom is -0.497 e. The van der Waals surface area contributed by atoms with Gasteiger partial charge in [0.05, 0.1) is 13.2 Å². The van der Waals surface area contributed by atoms with E-state index in [1.54, 1.807) is 7.11 Å². The van der Waals surface area contributed by atoms with E-state index in [1.165, 1.54) is 12.8 Å². The van der Waals surface area contributed by atoms with Crippen LogP contribution in [0.15, 0.2) is 18.2 Å². The van der Waals surface area contributed by atoms with E-state index in [4.69, 9.17) is 9.47 Å². The van der Waals surface area contributed by atoms with Crippen molar-refractivity contribution in [3.05, 3.63) is 23.8 Å². The summed E-state index contributed by atoms with van der Waals surface area (Å²) in [6.07, 6.45) is 2.67. The van der Waals surface area contributed by atoms with Crippen molar-refractivity contribution in [2.24, 2.45) is 5.92 Å². The molecule has 1 aromatic rings. The van der Waals surface area contributed by atoms with Gasteiger partial charge < -0.3 is 14.6 Å². The zero-order valence-corrected chi connectivity index (χ0v) is 10.3. The van der Waals surface area contributed by atoms with E-state index in [-0.39, 0.29) is 5.60 Å². The minimum atomic E-state index is -0.445. The number of methoxy groups -OCH3 is 1. The Morgan fingerprint density at radius 3 is 2.82 bits per heavy atom. The minimum absolute atomic E-state index is 0.193. The number of aliphatic hydroxyl groups excluding tert-OH is 1. The molecule has 0 radical (unpaired) electrons. The molecule has 1 saturated carbocycles. The summed E-state index contributed by atoms with van der Waals surface area (Å²) in [4.78, 5) is 0. The molecule has 2 atom stereocenters. The second kappa shape index (κ2) is 3.64. The summed E-state index contributed by atoms with van der Waals surface area (Å²) >= 11 is 0. The average Bonchev–Trinajstić information content (AvgIpc) is 3.12. The van der Waals surface area contributed by atoms with Crippen molar-refractivity contribution in [1.82, 2.24) is 0 Å². The van der Waals surface area contributed by atoms with Gasteiger partial charge in [-0.05, 0) is 43.9 Å². The van der Waals surface area contributed by atoms with Gasteiger partial charge in [0.15, 0.2) is 0 Å². The van der Waals surface area contributed by atoms with Gasteiger partial charge in [-0.1, -0.05) is 0 Å². The third-order valence-electron chi connectivity index (χ3n) is 3.96. The van der Waals surface area contributed by atoms with Crippen molar-refractivity contribution >= 4 is 0 Å². The standard InChI is InChI=1S/C14H18O3/c1-14(9-3-4-9)8-12(15)11-7-10(16-2)5-6-13(11)17-14/h5-7,9,12,15H,3-4,8H2,1-2H3/t12-,14?/m1/s1. The predicted molar refractivity (Wildman–Crippen MR) is 64.3 cm³/mol.